The number of hydrogen-bond acceptors (Lipinski definition) is 7. The van der Waals surface area contributed by atoms with Gasteiger partial charge in [0.25, 0.3) is 0 Å². The number of Topliss-reactive ketones (excluding diaryl/α,β-unsaturated/α-hetero) is 1. The molecule has 0 aliphatic rings. The summed E-state index contributed by atoms with van der Waals surface area (Å²) in [4.78, 5) is 59.6. The highest BCUT2D eigenvalue weighted by atomic mass is 35.5. The van der Waals surface area contributed by atoms with E-state index < -0.39 is 53.7 Å². The second-order valence-electron chi connectivity index (χ2n) is 6.60. The summed E-state index contributed by atoms with van der Waals surface area (Å²) in [6, 6.07) is 5.77. The van der Waals surface area contributed by atoms with Crippen molar-refractivity contribution in [2.75, 3.05) is 13.0 Å². The van der Waals surface area contributed by atoms with Gasteiger partial charge >= 0.3 is 12.1 Å². The molecule has 31 heavy (non-hydrogen) atoms. The number of carbonyl (C=O) groups excluding carboxylic acids is 5. The van der Waals surface area contributed by atoms with Gasteiger partial charge in [-0.05, 0) is 19.4 Å². The zero-order chi connectivity index (χ0) is 23.4. The molecule has 0 unspecified atom stereocenters. The summed E-state index contributed by atoms with van der Waals surface area (Å²) < 4.78 is 9.53. The molecular formula is C20H26ClN3O7. The fourth-order valence-electron chi connectivity index (χ4n) is 2.30. The van der Waals surface area contributed by atoms with Crippen LogP contribution in [0.15, 0.2) is 30.3 Å². The Labute approximate surface area is 185 Å². The van der Waals surface area contributed by atoms with Crippen molar-refractivity contribution < 1.29 is 33.4 Å². The third kappa shape index (κ3) is 9.47. The molecule has 0 radical (unpaired) electrons. The Morgan fingerprint density at radius 1 is 0.935 bits per heavy atom. The molecule has 1 aromatic carbocycles. The van der Waals surface area contributed by atoms with Gasteiger partial charge in [0.05, 0.1) is 25.5 Å². The lowest BCUT2D eigenvalue weighted by molar-refractivity contribution is -0.143. The second kappa shape index (κ2) is 13.2. The lowest BCUT2D eigenvalue weighted by Gasteiger charge is -2.21. The van der Waals surface area contributed by atoms with E-state index in [9.17, 15) is 24.0 Å². The smallest absolute Gasteiger partial charge is 0.408 e. The highest BCUT2D eigenvalue weighted by Gasteiger charge is 2.27. The van der Waals surface area contributed by atoms with Crippen molar-refractivity contribution in [3.8, 4) is 0 Å². The van der Waals surface area contributed by atoms with Gasteiger partial charge in [-0.2, -0.15) is 0 Å². The van der Waals surface area contributed by atoms with Crippen LogP contribution >= 0.6 is 11.6 Å². The summed E-state index contributed by atoms with van der Waals surface area (Å²) in [5, 5.41) is 7.12. The number of ketones is 1. The Kier molecular flexibility index (Phi) is 11.0. The number of rotatable bonds is 11. The Morgan fingerprint density at radius 3 is 2.10 bits per heavy atom. The molecule has 3 amide bonds. The number of alkyl halides is 1. The number of ether oxygens (including phenoxy) is 2. The minimum atomic E-state index is -1.18. The fourth-order valence-corrected chi connectivity index (χ4v) is 2.48. The Bertz CT molecular complexity index is 788. The van der Waals surface area contributed by atoms with Gasteiger partial charge in [-0.3, -0.25) is 19.2 Å². The molecule has 170 valence electrons. The minimum absolute atomic E-state index is 0.0377. The molecule has 0 saturated heterocycles. The first-order valence-electron chi connectivity index (χ1n) is 9.41. The van der Waals surface area contributed by atoms with Crippen LogP contribution in [0.2, 0.25) is 0 Å². The van der Waals surface area contributed by atoms with Gasteiger partial charge in [0.2, 0.25) is 11.8 Å². The molecule has 0 bridgehead atoms. The number of carbonyl (C=O) groups is 5. The van der Waals surface area contributed by atoms with Crippen LogP contribution in [-0.2, 0) is 35.3 Å². The van der Waals surface area contributed by atoms with Crippen molar-refractivity contribution >= 4 is 41.3 Å². The molecule has 0 aromatic heterocycles. The Hall–Kier alpha value is -3.14. The summed E-state index contributed by atoms with van der Waals surface area (Å²) in [6.07, 6.45) is -1.19. The molecule has 0 heterocycles. The van der Waals surface area contributed by atoms with E-state index in [1.54, 1.807) is 24.3 Å². The van der Waals surface area contributed by atoms with Crippen molar-refractivity contribution in [2.45, 2.75) is 45.0 Å². The topological polar surface area (TPSA) is 140 Å². The first kappa shape index (κ1) is 25.9. The van der Waals surface area contributed by atoms with Gasteiger partial charge in [0.1, 0.15) is 18.7 Å². The third-order valence-electron chi connectivity index (χ3n) is 4.13. The predicted octanol–water partition coefficient (Wildman–Crippen LogP) is 0.662. The zero-order valence-electron chi connectivity index (χ0n) is 17.5. The van der Waals surface area contributed by atoms with Crippen molar-refractivity contribution in [1.29, 1.82) is 0 Å². The van der Waals surface area contributed by atoms with Gasteiger partial charge < -0.3 is 25.4 Å². The average Bonchev–Trinajstić information content (AvgIpc) is 2.76. The molecule has 0 aliphatic carbocycles. The van der Waals surface area contributed by atoms with Gasteiger partial charge in [0.15, 0.2) is 5.78 Å². The quantitative estimate of drug-likeness (QED) is 0.329. The van der Waals surface area contributed by atoms with Crippen LogP contribution in [-0.4, -0.2) is 60.8 Å². The number of amides is 3. The molecule has 1 rings (SSSR count). The first-order chi connectivity index (χ1) is 14.7. The van der Waals surface area contributed by atoms with E-state index in [0.717, 1.165) is 12.7 Å². The van der Waals surface area contributed by atoms with E-state index in [-0.39, 0.29) is 13.0 Å². The van der Waals surface area contributed by atoms with Crippen LogP contribution in [0.25, 0.3) is 0 Å². The normalized spacial score (nSPS) is 13.2. The van der Waals surface area contributed by atoms with Crippen molar-refractivity contribution in [3.05, 3.63) is 35.9 Å². The molecule has 3 N–H and O–H groups in total. The highest BCUT2D eigenvalue weighted by Crippen LogP contribution is 2.02. The number of alkyl carbamates (subject to hydrolysis) is 1. The van der Waals surface area contributed by atoms with Gasteiger partial charge in [-0.25, -0.2) is 4.79 Å². The lowest BCUT2D eigenvalue weighted by atomic mass is 10.1. The Morgan fingerprint density at radius 2 is 1.52 bits per heavy atom. The van der Waals surface area contributed by atoms with Crippen LogP contribution in [0.3, 0.4) is 0 Å². The lowest BCUT2D eigenvalue weighted by Crippen LogP contribution is -2.54. The molecular weight excluding hydrogens is 430 g/mol. The summed E-state index contributed by atoms with van der Waals surface area (Å²) in [5.74, 6) is -3.04. The van der Waals surface area contributed by atoms with E-state index in [4.69, 9.17) is 16.3 Å². The summed E-state index contributed by atoms with van der Waals surface area (Å²) in [6.45, 7) is 2.84. The largest absolute Gasteiger partial charge is 0.469 e. The maximum absolute atomic E-state index is 12.3. The highest BCUT2D eigenvalue weighted by molar-refractivity contribution is 6.28. The number of halogens is 1. The monoisotopic (exact) mass is 455 g/mol. The molecule has 11 heteroatoms. The number of esters is 1. The molecule has 0 spiro atoms. The number of nitrogens with one attached hydrogen (secondary N) is 3. The number of hydrogen-bond donors (Lipinski definition) is 3. The van der Waals surface area contributed by atoms with Crippen LogP contribution < -0.4 is 16.0 Å². The molecule has 0 aliphatic heterocycles. The molecule has 3 atom stereocenters. The summed E-state index contributed by atoms with van der Waals surface area (Å²) in [7, 11) is 1.15. The van der Waals surface area contributed by atoms with Crippen LogP contribution in [0.1, 0.15) is 25.8 Å². The van der Waals surface area contributed by atoms with Crippen LogP contribution in [0, 0.1) is 0 Å². The summed E-state index contributed by atoms with van der Waals surface area (Å²) in [5.41, 5.74) is 0.785. The Balaban J connectivity index is 2.52. The summed E-state index contributed by atoms with van der Waals surface area (Å²) >= 11 is 5.50. The SMILES string of the molecule is COC(=O)C[C@H](NC(=O)[C@H](C)NC(=O)[C@H](C)NC(=O)OCc1ccccc1)C(=O)CCl. The van der Waals surface area contributed by atoms with Gasteiger partial charge in [-0.15, -0.1) is 11.6 Å². The van der Waals surface area contributed by atoms with Gasteiger partial charge in [-0.1, -0.05) is 30.3 Å². The zero-order valence-corrected chi connectivity index (χ0v) is 18.2. The molecule has 0 fully saturated rings. The van der Waals surface area contributed by atoms with Crippen molar-refractivity contribution in [3.63, 3.8) is 0 Å². The standard InChI is InChI=1S/C20H26ClN3O7/c1-12(19(28)24-15(16(25)10-21)9-17(26)30-3)22-18(27)13(2)23-20(29)31-11-14-7-5-4-6-8-14/h4-8,12-13,15H,9-11H2,1-3H3,(H,22,27)(H,23,29)(H,24,28)/t12-,13-,15-/m0/s1. The third-order valence-corrected chi connectivity index (χ3v) is 4.39. The fraction of sp³-hybridized carbons (Fsp3) is 0.450. The molecule has 1 aromatic rings. The van der Waals surface area contributed by atoms with Crippen molar-refractivity contribution in [2.24, 2.45) is 0 Å². The van der Waals surface area contributed by atoms with Crippen molar-refractivity contribution in [1.82, 2.24) is 16.0 Å². The predicted molar refractivity (Wildman–Crippen MR) is 111 cm³/mol. The second-order valence-corrected chi connectivity index (χ2v) is 6.87. The molecule has 10 nitrogen and oxygen atoms in total. The minimum Gasteiger partial charge on any atom is -0.469 e. The van der Waals surface area contributed by atoms with Crippen LogP contribution in [0.5, 0.6) is 0 Å². The van der Waals surface area contributed by atoms with E-state index in [1.807, 2.05) is 6.07 Å². The van der Waals surface area contributed by atoms with E-state index in [0.29, 0.717) is 0 Å². The van der Waals surface area contributed by atoms with E-state index >= 15 is 0 Å². The van der Waals surface area contributed by atoms with E-state index in [1.165, 1.54) is 13.8 Å². The van der Waals surface area contributed by atoms with Crippen LogP contribution in [0.4, 0.5) is 4.79 Å². The first-order valence-corrected chi connectivity index (χ1v) is 9.94. The maximum Gasteiger partial charge on any atom is 0.408 e. The number of methoxy groups -OCH3 is 1. The van der Waals surface area contributed by atoms with Gasteiger partial charge in [0, 0.05) is 0 Å². The average molecular weight is 456 g/mol. The molecule has 0 saturated carbocycles. The van der Waals surface area contributed by atoms with E-state index in [2.05, 4.69) is 20.7 Å². The maximum atomic E-state index is 12.3. The number of benzene rings is 1.